The molecule has 0 saturated carbocycles. The summed E-state index contributed by atoms with van der Waals surface area (Å²) in [6.07, 6.45) is 1.66. The molecule has 2 aromatic carbocycles. The van der Waals surface area contributed by atoms with Gasteiger partial charge in [-0.1, -0.05) is 12.1 Å². The Balaban J connectivity index is 0.00000120. The van der Waals surface area contributed by atoms with Gasteiger partial charge in [0.1, 0.15) is 0 Å². The van der Waals surface area contributed by atoms with Crippen molar-refractivity contribution < 1.29 is 24.5 Å². The molecule has 3 heteroatoms. The zero-order chi connectivity index (χ0) is 11.7. The van der Waals surface area contributed by atoms with Gasteiger partial charge in [-0.05, 0) is 23.8 Å². The monoisotopic (exact) mass is 415 g/mol. The number of fused-ring (bicyclic) bond motifs is 1. The van der Waals surface area contributed by atoms with E-state index in [-0.39, 0.29) is 25.9 Å². The van der Waals surface area contributed by atoms with Crippen LogP contribution in [0.15, 0.2) is 54.7 Å². The third-order valence-corrected chi connectivity index (χ3v) is 2.71. The maximum atomic E-state index is 13.9. The minimum absolute atomic E-state index is 0. The minimum Gasteiger partial charge on any atom is -0.266 e. The van der Waals surface area contributed by atoms with Crippen molar-refractivity contribution in [2.24, 2.45) is 0 Å². The average Bonchev–Trinajstić information content (AvgIpc) is 2.39. The van der Waals surface area contributed by atoms with Crippen LogP contribution in [0.3, 0.4) is 0 Å². The van der Waals surface area contributed by atoms with Crippen LogP contribution in [0.4, 0.5) is 4.39 Å². The summed E-state index contributed by atoms with van der Waals surface area (Å²) >= 11 is 0. The van der Waals surface area contributed by atoms with Gasteiger partial charge in [0, 0.05) is 32.0 Å². The summed E-state index contributed by atoms with van der Waals surface area (Å²) in [5.74, 6) is -0.265. The largest absolute Gasteiger partial charge is 0.266 e. The molecule has 0 spiro atoms. The SMILES string of the molecule is Fc1ccc2ccc[c-]c2c1-c1ccccn1.[Ir]. The van der Waals surface area contributed by atoms with E-state index in [1.54, 1.807) is 24.4 Å². The first-order valence-corrected chi connectivity index (χ1v) is 5.36. The molecule has 0 atom stereocenters. The Hall–Kier alpha value is -1.57. The van der Waals surface area contributed by atoms with Gasteiger partial charge >= 0.3 is 0 Å². The number of hydrogen-bond acceptors (Lipinski definition) is 1. The van der Waals surface area contributed by atoms with Crippen molar-refractivity contribution in [2.45, 2.75) is 0 Å². The number of rotatable bonds is 1. The Bertz CT molecular complexity index is 668. The zero-order valence-corrected chi connectivity index (χ0v) is 11.7. The third-order valence-electron chi connectivity index (χ3n) is 2.71. The molecule has 18 heavy (non-hydrogen) atoms. The molecule has 0 aliphatic rings. The number of aromatic nitrogens is 1. The van der Waals surface area contributed by atoms with Crippen molar-refractivity contribution in [2.75, 3.05) is 0 Å². The molecule has 3 aromatic rings. The molecule has 0 unspecified atom stereocenters. The molecule has 0 N–H and O–H groups in total. The number of hydrogen-bond donors (Lipinski definition) is 0. The molecule has 0 amide bonds. The Morgan fingerprint density at radius 3 is 2.67 bits per heavy atom. The predicted octanol–water partition coefficient (Wildman–Crippen LogP) is 3.84. The van der Waals surface area contributed by atoms with Crippen molar-refractivity contribution in [3.63, 3.8) is 0 Å². The first-order valence-electron chi connectivity index (χ1n) is 5.36. The topological polar surface area (TPSA) is 12.9 Å². The van der Waals surface area contributed by atoms with Gasteiger partial charge in [0.2, 0.25) is 0 Å². The smallest absolute Gasteiger partial charge is 0.0907 e. The van der Waals surface area contributed by atoms with E-state index in [2.05, 4.69) is 11.1 Å². The summed E-state index contributed by atoms with van der Waals surface area (Å²) in [7, 11) is 0. The number of benzene rings is 2. The van der Waals surface area contributed by atoms with Gasteiger partial charge in [-0.2, -0.15) is 0 Å². The van der Waals surface area contributed by atoms with Gasteiger partial charge in [-0.25, -0.2) is 4.39 Å². The fraction of sp³-hybridized carbons (Fsp3) is 0. The average molecular weight is 414 g/mol. The molecule has 1 aromatic heterocycles. The van der Waals surface area contributed by atoms with Gasteiger partial charge < -0.3 is 0 Å². The number of halogens is 1. The van der Waals surface area contributed by atoms with Crippen LogP contribution in [0.25, 0.3) is 22.0 Å². The normalized spacial score (nSPS) is 10.1. The first-order chi connectivity index (χ1) is 8.36. The fourth-order valence-corrected chi connectivity index (χ4v) is 1.93. The fourth-order valence-electron chi connectivity index (χ4n) is 1.93. The second kappa shape index (κ2) is 5.38. The summed E-state index contributed by atoms with van der Waals surface area (Å²) in [6.45, 7) is 0. The molecule has 1 nitrogen and oxygen atoms in total. The molecule has 0 aliphatic carbocycles. The molecule has 3 rings (SSSR count). The Morgan fingerprint density at radius 1 is 1.00 bits per heavy atom. The summed E-state index contributed by atoms with van der Waals surface area (Å²) in [6, 6.07) is 17.4. The first kappa shape index (κ1) is 12.9. The van der Waals surface area contributed by atoms with Crippen LogP contribution in [-0.4, -0.2) is 4.98 Å². The predicted molar refractivity (Wildman–Crippen MR) is 66.0 cm³/mol. The van der Waals surface area contributed by atoms with E-state index >= 15 is 0 Å². The summed E-state index contributed by atoms with van der Waals surface area (Å²) in [4.78, 5) is 4.20. The molecule has 1 heterocycles. The zero-order valence-electron chi connectivity index (χ0n) is 9.35. The Kier molecular flexibility index (Phi) is 3.85. The van der Waals surface area contributed by atoms with Crippen molar-refractivity contribution >= 4 is 10.8 Å². The van der Waals surface area contributed by atoms with Crippen molar-refractivity contribution in [3.05, 3.63) is 66.6 Å². The molecular formula is C15H9FIrN-. The van der Waals surface area contributed by atoms with E-state index in [9.17, 15) is 4.39 Å². The summed E-state index contributed by atoms with van der Waals surface area (Å²) < 4.78 is 13.9. The number of pyridine rings is 1. The van der Waals surface area contributed by atoms with Crippen molar-refractivity contribution in [1.29, 1.82) is 0 Å². The maximum absolute atomic E-state index is 13.9. The second-order valence-electron chi connectivity index (χ2n) is 3.77. The summed E-state index contributed by atoms with van der Waals surface area (Å²) in [5.41, 5.74) is 1.15. The van der Waals surface area contributed by atoms with Gasteiger partial charge in [0.25, 0.3) is 0 Å². The molecule has 0 bridgehead atoms. The van der Waals surface area contributed by atoms with E-state index < -0.39 is 0 Å². The van der Waals surface area contributed by atoms with Crippen LogP contribution in [0.5, 0.6) is 0 Å². The van der Waals surface area contributed by atoms with Crippen molar-refractivity contribution in [3.8, 4) is 11.3 Å². The van der Waals surface area contributed by atoms with Crippen LogP contribution >= 0.6 is 0 Å². The minimum atomic E-state index is -0.265. The second-order valence-corrected chi connectivity index (χ2v) is 3.77. The van der Waals surface area contributed by atoms with Gasteiger partial charge in [0.05, 0.1) is 5.82 Å². The van der Waals surface area contributed by atoms with E-state index in [0.717, 1.165) is 10.8 Å². The van der Waals surface area contributed by atoms with E-state index in [4.69, 9.17) is 0 Å². The van der Waals surface area contributed by atoms with Crippen LogP contribution in [-0.2, 0) is 20.1 Å². The van der Waals surface area contributed by atoms with Crippen LogP contribution in [0.1, 0.15) is 0 Å². The molecule has 1 radical (unpaired) electrons. The van der Waals surface area contributed by atoms with E-state index in [1.807, 2.05) is 24.3 Å². The Labute approximate surface area is 118 Å². The van der Waals surface area contributed by atoms with Crippen LogP contribution in [0, 0.1) is 11.9 Å². The Morgan fingerprint density at radius 2 is 1.89 bits per heavy atom. The molecule has 0 saturated heterocycles. The van der Waals surface area contributed by atoms with E-state index in [1.165, 1.54) is 6.07 Å². The molecule has 0 fully saturated rings. The van der Waals surface area contributed by atoms with Gasteiger partial charge in [0.15, 0.2) is 0 Å². The van der Waals surface area contributed by atoms with Crippen LogP contribution < -0.4 is 0 Å². The van der Waals surface area contributed by atoms with Crippen LogP contribution in [0.2, 0.25) is 0 Å². The maximum Gasteiger partial charge on any atom is 0.0907 e. The van der Waals surface area contributed by atoms with Gasteiger partial charge in [-0.3, -0.25) is 4.98 Å². The quantitative estimate of drug-likeness (QED) is 0.552. The van der Waals surface area contributed by atoms with Gasteiger partial charge in [-0.15, -0.1) is 35.0 Å². The molecular weight excluding hydrogens is 405 g/mol. The van der Waals surface area contributed by atoms with E-state index in [0.29, 0.717) is 11.3 Å². The molecule has 0 aliphatic heterocycles. The third kappa shape index (κ3) is 2.20. The van der Waals surface area contributed by atoms with Crippen molar-refractivity contribution in [1.82, 2.24) is 4.98 Å². The standard InChI is InChI=1S/C15H9FN.Ir/c16-13-9-8-11-5-1-2-6-12(11)15(13)14-7-3-4-10-17-14;/h1-5,7-10H;/q-1;. The number of nitrogens with zero attached hydrogens (tertiary/aromatic N) is 1. The molecule has 91 valence electrons. The summed E-state index contributed by atoms with van der Waals surface area (Å²) in [5, 5.41) is 1.74.